The van der Waals surface area contributed by atoms with Gasteiger partial charge in [0.25, 0.3) is 0 Å². The number of aliphatic imine (C=N–C) groups is 1. The standard InChI is InChI=1S/C6H8FNO/c1-4-2-3-5(9)6(7)8-4/h2,5,9H,3H2,1H3. The van der Waals surface area contributed by atoms with Gasteiger partial charge in [-0.3, -0.25) is 0 Å². The molecule has 1 aliphatic rings. The molecule has 0 saturated carbocycles. The normalized spacial score (nSPS) is 27.2. The fourth-order valence-electron chi connectivity index (χ4n) is 0.668. The third kappa shape index (κ3) is 1.36. The summed E-state index contributed by atoms with van der Waals surface area (Å²) >= 11 is 0. The van der Waals surface area contributed by atoms with Gasteiger partial charge in [-0.15, -0.1) is 0 Å². The fraction of sp³-hybridized carbons (Fsp3) is 0.500. The molecule has 0 aromatic heterocycles. The number of hydrogen-bond donors (Lipinski definition) is 1. The summed E-state index contributed by atoms with van der Waals surface area (Å²) in [6.07, 6.45) is 1.04. The van der Waals surface area contributed by atoms with Crippen LogP contribution in [0, 0.1) is 0 Å². The Bertz CT molecular complexity index is 174. The van der Waals surface area contributed by atoms with E-state index in [-0.39, 0.29) is 0 Å². The van der Waals surface area contributed by atoms with Crippen LogP contribution in [-0.2, 0) is 0 Å². The molecule has 0 aromatic rings. The van der Waals surface area contributed by atoms with Gasteiger partial charge in [0.15, 0.2) is 0 Å². The summed E-state index contributed by atoms with van der Waals surface area (Å²) in [6, 6.07) is 0. The number of nitrogens with zero attached hydrogens (tertiary/aromatic N) is 1. The van der Waals surface area contributed by atoms with E-state index in [0.717, 1.165) is 0 Å². The maximum Gasteiger partial charge on any atom is 0.218 e. The van der Waals surface area contributed by atoms with Crippen LogP contribution < -0.4 is 0 Å². The van der Waals surface area contributed by atoms with E-state index in [1.54, 1.807) is 13.0 Å². The Balaban J connectivity index is 2.74. The van der Waals surface area contributed by atoms with Gasteiger partial charge >= 0.3 is 0 Å². The molecule has 1 aliphatic heterocycles. The summed E-state index contributed by atoms with van der Waals surface area (Å²) in [5.74, 6) is -0.671. The molecule has 0 aromatic carbocycles. The molecule has 0 aliphatic carbocycles. The summed E-state index contributed by atoms with van der Waals surface area (Å²) in [5, 5.41) is 8.75. The number of rotatable bonds is 0. The van der Waals surface area contributed by atoms with Crippen LogP contribution >= 0.6 is 0 Å². The molecule has 9 heavy (non-hydrogen) atoms. The van der Waals surface area contributed by atoms with Crippen molar-refractivity contribution in [3.05, 3.63) is 11.8 Å². The number of allylic oxidation sites excluding steroid dienone is 1. The van der Waals surface area contributed by atoms with Gasteiger partial charge in [0.1, 0.15) is 6.10 Å². The van der Waals surface area contributed by atoms with Crippen LogP contribution in [0.2, 0.25) is 0 Å². The van der Waals surface area contributed by atoms with E-state index in [9.17, 15) is 4.39 Å². The minimum atomic E-state index is -1.01. The van der Waals surface area contributed by atoms with E-state index < -0.39 is 12.1 Å². The number of hydrogen-bond acceptors (Lipinski definition) is 2. The van der Waals surface area contributed by atoms with Gasteiger partial charge in [-0.25, -0.2) is 4.99 Å². The van der Waals surface area contributed by atoms with Crippen molar-refractivity contribution in [2.75, 3.05) is 0 Å². The molecule has 1 atom stereocenters. The SMILES string of the molecule is CC1=CCC(O)C(F)=N1. The molecule has 1 unspecified atom stereocenters. The Kier molecular flexibility index (Phi) is 1.62. The Morgan fingerprint density at radius 1 is 1.89 bits per heavy atom. The highest BCUT2D eigenvalue weighted by Crippen LogP contribution is 2.10. The van der Waals surface area contributed by atoms with Crippen LogP contribution in [0.25, 0.3) is 0 Å². The van der Waals surface area contributed by atoms with Crippen molar-refractivity contribution >= 4 is 5.97 Å². The van der Waals surface area contributed by atoms with E-state index in [2.05, 4.69) is 4.99 Å². The molecule has 0 bridgehead atoms. The van der Waals surface area contributed by atoms with Gasteiger partial charge in [-0.1, -0.05) is 6.08 Å². The third-order valence-corrected chi connectivity index (χ3v) is 1.19. The van der Waals surface area contributed by atoms with Crippen LogP contribution in [0.5, 0.6) is 0 Å². The number of aliphatic hydroxyl groups excluding tert-OH is 1. The summed E-state index contributed by atoms with van der Waals surface area (Å²) in [4.78, 5) is 3.42. The zero-order chi connectivity index (χ0) is 6.85. The first-order chi connectivity index (χ1) is 4.20. The van der Waals surface area contributed by atoms with Gasteiger partial charge < -0.3 is 5.11 Å². The van der Waals surface area contributed by atoms with Crippen molar-refractivity contribution in [3.8, 4) is 0 Å². The zero-order valence-electron chi connectivity index (χ0n) is 5.13. The average molecular weight is 129 g/mol. The lowest BCUT2D eigenvalue weighted by Gasteiger charge is -2.08. The summed E-state index contributed by atoms with van der Waals surface area (Å²) < 4.78 is 12.3. The molecule has 0 spiro atoms. The smallest absolute Gasteiger partial charge is 0.218 e. The molecule has 0 radical (unpaired) electrons. The minimum Gasteiger partial charge on any atom is -0.384 e. The average Bonchev–Trinajstić information content (AvgIpc) is 1.80. The van der Waals surface area contributed by atoms with E-state index in [4.69, 9.17) is 5.11 Å². The second-order valence-electron chi connectivity index (χ2n) is 2.03. The molecule has 0 saturated heterocycles. The lowest BCUT2D eigenvalue weighted by Crippen LogP contribution is -2.17. The predicted molar refractivity (Wildman–Crippen MR) is 32.9 cm³/mol. The van der Waals surface area contributed by atoms with E-state index in [1.165, 1.54) is 0 Å². The van der Waals surface area contributed by atoms with Crippen LogP contribution in [0.15, 0.2) is 16.8 Å². The highest BCUT2D eigenvalue weighted by molar-refractivity contribution is 5.81. The first kappa shape index (κ1) is 6.42. The maximum absolute atomic E-state index is 12.3. The first-order valence-electron chi connectivity index (χ1n) is 2.79. The molecule has 1 N–H and O–H groups in total. The second kappa shape index (κ2) is 2.27. The van der Waals surface area contributed by atoms with Crippen LogP contribution in [0.1, 0.15) is 13.3 Å². The molecule has 2 nitrogen and oxygen atoms in total. The monoisotopic (exact) mass is 129 g/mol. The summed E-state index contributed by atoms with van der Waals surface area (Å²) in [5.41, 5.74) is 0.637. The molecule has 3 heteroatoms. The lowest BCUT2D eigenvalue weighted by atomic mass is 10.2. The number of aliphatic hydroxyl groups is 1. The molecule has 50 valence electrons. The second-order valence-corrected chi connectivity index (χ2v) is 2.03. The van der Waals surface area contributed by atoms with Crippen LogP contribution in [0.4, 0.5) is 4.39 Å². The highest BCUT2D eigenvalue weighted by atomic mass is 19.1. The van der Waals surface area contributed by atoms with Crippen molar-refractivity contribution in [1.29, 1.82) is 0 Å². The largest absolute Gasteiger partial charge is 0.384 e. The van der Waals surface area contributed by atoms with Gasteiger partial charge in [0.05, 0.1) is 0 Å². The highest BCUT2D eigenvalue weighted by Gasteiger charge is 2.13. The third-order valence-electron chi connectivity index (χ3n) is 1.19. The molecule has 1 heterocycles. The van der Waals surface area contributed by atoms with E-state index in [1.807, 2.05) is 0 Å². The van der Waals surface area contributed by atoms with Crippen LogP contribution in [-0.4, -0.2) is 17.2 Å². The zero-order valence-corrected chi connectivity index (χ0v) is 5.13. The van der Waals surface area contributed by atoms with Crippen molar-refractivity contribution in [3.63, 3.8) is 0 Å². The Labute approximate surface area is 52.7 Å². The minimum absolute atomic E-state index is 0.348. The molecule has 0 fully saturated rings. The van der Waals surface area contributed by atoms with Crippen LogP contribution in [0.3, 0.4) is 0 Å². The summed E-state index contributed by atoms with van der Waals surface area (Å²) in [6.45, 7) is 1.70. The van der Waals surface area contributed by atoms with E-state index in [0.29, 0.717) is 12.1 Å². The maximum atomic E-state index is 12.3. The molecule has 0 amide bonds. The van der Waals surface area contributed by atoms with Gasteiger partial charge in [-0.05, 0) is 6.92 Å². The molecular weight excluding hydrogens is 121 g/mol. The van der Waals surface area contributed by atoms with Gasteiger partial charge in [0, 0.05) is 12.1 Å². The fourth-order valence-corrected chi connectivity index (χ4v) is 0.668. The Morgan fingerprint density at radius 2 is 2.56 bits per heavy atom. The predicted octanol–water partition coefficient (Wildman–Crippen LogP) is 1.02. The van der Waals surface area contributed by atoms with Crippen molar-refractivity contribution in [2.24, 2.45) is 4.99 Å². The van der Waals surface area contributed by atoms with Crippen molar-refractivity contribution < 1.29 is 9.50 Å². The Morgan fingerprint density at radius 3 is 3.00 bits per heavy atom. The first-order valence-corrected chi connectivity index (χ1v) is 2.79. The quantitative estimate of drug-likeness (QED) is 0.520. The lowest BCUT2D eigenvalue weighted by molar-refractivity contribution is 0.230. The topological polar surface area (TPSA) is 32.6 Å². The molecular formula is C6H8FNO. The van der Waals surface area contributed by atoms with Crippen molar-refractivity contribution in [1.82, 2.24) is 0 Å². The van der Waals surface area contributed by atoms with E-state index >= 15 is 0 Å². The number of halogens is 1. The van der Waals surface area contributed by atoms with Crippen molar-refractivity contribution in [2.45, 2.75) is 19.4 Å². The Hall–Kier alpha value is -0.700. The molecule has 1 rings (SSSR count). The van der Waals surface area contributed by atoms with Gasteiger partial charge in [-0.2, -0.15) is 4.39 Å². The summed E-state index contributed by atoms with van der Waals surface area (Å²) in [7, 11) is 0. The van der Waals surface area contributed by atoms with Gasteiger partial charge in [0.2, 0.25) is 5.97 Å².